The van der Waals surface area contributed by atoms with Gasteiger partial charge in [-0.1, -0.05) is 36.4 Å². The second-order valence-electron chi connectivity index (χ2n) is 3.57. The molecule has 0 aliphatic carbocycles. The molecular formula is C13H16O2. The Morgan fingerprint density at radius 3 is 2.60 bits per heavy atom. The third-order valence-electron chi connectivity index (χ3n) is 2.41. The van der Waals surface area contributed by atoms with E-state index in [2.05, 4.69) is 6.58 Å². The molecule has 2 nitrogen and oxygen atoms in total. The molecule has 0 aliphatic rings. The Balaban J connectivity index is 2.71. The van der Waals surface area contributed by atoms with Gasteiger partial charge < -0.3 is 5.11 Å². The van der Waals surface area contributed by atoms with E-state index in [1.54, 1.807) is 0 Å². The molecule has 1 N–H and O–H groups in total. The molecule has 15 heavy (non-hydrogen) atoms. The van der Waals surface area contributed by atoms with Crippen LogP contribution >= 0.6 is 0 Å². The highest BCUT2D eigenvalue weighted by Gasteiger charge is 2.14. The van der Waals surface area contributed by atoms with Gasteiger partial charge in [0.25, 0.3) is 0 Å². The predicted molar refractivity (Wildman–Crippen MR) is 60.9 cm³/mol. The minimum Gasteiger partial charge on any atom is -0.481 e. The summed E-state index contributed by atoms with van der Waals surface area (Å²) in [6.45, 7) is 3.66. The summed E-state index contributed by atoms with van der Waals surface area (Å²) >= 11 is 0. The summed E-state index contributed by atoms with van der Waals surface area (Å²) in [6.07, 6.45) is 3.72. The Kier molecular flexibility index (Phi) is 4.61. The standard InChI is InChI=1S/C13H16O2/c1-2-3-7-12(10-13(14)15)11-8-5-4-6-9-11/h2,4-6,8-9,12H,1,3,7,10H2,(H,14,15). The molecule has 1 unspecified atom stereocenters. The number of aliphatic carboxylic acids is 1. The molecule has 0 saturated heterocycles. The number of rotatable bonds is 6. The number of benzene rings is 1. The van der Waals surface area contributed by atoms with Gasteiger partial charge in [0.1, 0.15) is 0 Å². The molecule has 0 spiro atoms. The van der Waals surface area contributed by atoms with E-state index in [0.717, 1.165) is 18.4 Å². The highest BCUT2D eigenvalue weighted by atomic mass is 16.4. The number of carboxylic acids is 1. The SMILES string of the molecule is C=CCCC(CC(=O)O)c1ccccc1. The number of hydrogen-bond donors (Lipinski definition) is 1. The van der Waals surface area contributed by atoms with Crippen molar-refractivity contribution in [2.45, 2.75) is 25.2 Å². The highest BCUT2D eigenvalue weighted by molar-refractivity contribution is 5.68. The van der Waals surface area contributed by atoms with Gasteiger partial charge in [0.15, 0.2) is 0 Å². The van der Waals surface area contributed by atoms with Crippen LogP contribution in [0.2, 0.25) is 0 Å². The second kappa shape index (κ2) is 6.02. The monoisotopic (exact) mass is 204 g/mol. The summed E-state index contributed by atoms with van der Waals surface area (Å²) in [4.78, 5) is 10.7. The van der Waals surface area contributed by atoms with Gasteiger partial charge in [-0.15, -0.1) is 6.58 Å². The Morgan fingerprint density at radius 2 is 2.07 bits per heavy atom. The quantitative estimate of drug-likeness (QED) is 0.722. The van der Waals surface area contributed by atoms with E-state index in [1.165, 1.54) is 0 Å². The number of hydrogen-bond acceptors (Lipinski definition) is 1. The van der Waals surface area contributed by atoms with E-state index in [-0.39, 0.29) is 12.3 Å². The molecule has 0 radical (unpaired) electrons. The van der Waals surface area contributed by atoms with Crippen LogP contribution in [0.25, 0.3) is 0 Å². The van der Waals surface area contributed by atoms with E-state index in [4.69, 9.17) is 5.11 Å². The molecule has 0 saturated carbocycles. The zero-order valence-electron chi connectivity index (χ0n) is 8.73. The minimum atomic E-state index is -0.743. The van der Waals surface area contributed by atoms with E-state index in [9.17, 15) is 4.79 Å². The molecule has 0 aliphatic heterocycles. The average molecular weight is 204 g/mol. The Bertz CT molecular complexity index is 317. The molecule has 1 atom stereocenters. The van der Waals surface area contributed by atoms with E-state index in [0.29, 0.717) is 0 Å². The van der Waals surface area contributed by atoms with Crippen molar-refractivity contribution < 1.29 is 9.90 Å². The molecule has 1 aromatic carbocycles. The van der Waals surface area contributed by atoms with Crippen molar-refractivity contribution >= 4 is 5.97 Å². The lowest BCUT2D eigenvalue weighted by Crippen LogP contribution is -2.06. The van der Waals surface area contributed by atoms with Crippen molar-refractivity contribution in [2.24, 2.45) is 0 Å². The van der Waals surface area contributed by atoms with Gasteiger partial charge in [0.05, 0.1) is 6.42 Å². The highest BCUT2D eigenvalue weighted by Crippen LogP contribution is 2.24. The summed E-state index contributed by atoms with van der Waals surface area (Å²) in [5.74, 6) is -0.644. The fraction of sp³-hybridized carbons (Fsp3) is 0.308. The molecule has 0 aromatic heterocycles. The fourth-order valence-electron chi connectivity index (χ4n) is 1.64. The van der Waals surface area contributed by atoms with Gasteiger partial charge >= 0.3 is 5.97 Å². The number of carboxylic acid groups (broad SMARTS) is 1. The molecule has 2 heteroatoms. The largest absolute Gasteiger partial charge is 0.481 e. The maximum Gasteiger partial charge on any atom is 0.303 e. The minimum absolute atomic E-state index is 0.0988. The van der Waals surface area contributed by atoms with Crippen molar-refractivity contribution in [1.29, 1.82) is 0 Å². The summed E-state index contributed by atoms with van der Waals surface area (Å²) in [6, 6.07) is 9.79. The van der Waals surface area contributed by atoms with Crippen LogP contribution in [0.3, 0.4) is 0 Å². The van der Waals surface area contributed by atoms with Gasteiger partial charge in [-0.2, -0.15) is 0 Å². The predicted octanol–water partition coefficient (Wildman–Crippen LogP) is 3.21. The van der Waals surface area contributed by atoms with Crippen molar-refractivity contribution in [2.75, 3.05) is 0 Å². The second-order valence-corrected chi connectivity index (χ2v) is 3.57. The average Bonchev–Trinajstić information content (AvgIpc) is 2.25. The molecule has 0 bridgehead atoms. The van der Waals surface area contributed by atoms with Gasteiger partial charge in [0.2, 0.25) is 0 Å². The smallest absolute Gasteiger partial charge is 0.303 e. The zero-order chi connectivity index (χ0) is 11.1. The molecular weight excluding hydrogens is 188 g/mol. The maximum absolute atomic E-state index is 10.7. The lowest BCUT2D eigenvalue weighted by Gasteiger charge is -2.13. The van der Waals surface area contributed by atoms with Crippen LogP contribution in [0.1, 0.15) is 30.7 Å². The van der Waals surface area contributed by atoms with Crippen LogP contribution in [0, 0.1) is 0 Å². The normalized spacial score (nSPS) is 12.0. The van der Waals surface area contributed by atoms with Crippen LogP contribution in [0.4, 0.5) is 0 Å². The third-order valence-corrected chi connectivity index (χ3v) is 2.41. The van der Waals surface area contributed by atoms with Crippen molar-refractivity contribution in [1.82, 2.24) is 0 Å². The lowest BCUT2D eigenvalue weighted by molar-refractivity contribution is -0.137. The van der Waals surface area contributed by atoms with E-state index in [1.807, 2.05) is 36.4 Å². The van der Waals surface area contributed by atoms with Crippen molar-refractivity contribution in [3.8, 4) is 0 Å². The first-order valence-corrected chi connectivity index (χ1v) is 5.11. The summed E-state index contributed by atoms with van der Waals surface area (Å²) in [5.41, 5.74) is 1.10. The summed E-state index contributed by atoms with van der Waals surface area (Å²) < 4.78 is 0. The third kappa shape index (κ3) is 3.98. The van der Waals surface area contributed by atoms with Gasteiger partial charge in [-0.3, -0.25) is 4.79 Å². The Labute approximate surface area is 90.3 Å². The first-order chi connectivity index (χ1) is 7.24. The molecule has 0 fully saturated rings. The summed E-state index contributed by atoms with van der Waals surface area (Å²) in [5, 5.41) is 8.82. The number of allylic oxidation sites excluding steroid dienone is 1. The fourth-order valence-corrected chi connectivity index (χ4v) is 1.64. The van der Waals surface area contributed by atoms with Crippen LogP contribution in [0.5, 0.6) is 0 Å². The van der Waals surface area contributed by atoms with Crippen LogP contribution in [-0.4, -0.2) is 11.1 Å². The Hall–Kier alpha value is -1.57. The first-order valence-electron chi connectivity index (χ1n) is 5.11. The maximum atomic E-state index is 10.7. The van der Waals surface area contributed by atoms with Gasteiger partial charge in [-0.25, -0.2) is 0 Å². The molecule has 1 rings (SSSR count). The topological polar surface area (TPSA) is 37.3 Å². The lowest BCUT2D eigenvalue weighted by atomic mass is 9.91. The first kappa shape index (κ1) is 11.5. The molecule has 0 amide bonds. The molecule has 1 aromatic rings. The van der Waals surface area contributed by atoms with Gasteiger partial charge in [0, 0.05) is 0 Å². The summed E-state index contributed by atoms with van der Waals surface area (Å²) in [7, 11) is 0. The number of carbonyl (C=O) groups is 1. The van der Waals surface area contributed by atoms with E-state index < -0.39 is 5.97 Å². The van der Waals surface area contributed by atoms with Crippen LogP contribution in [0.15, 0.2) is 43.0 Å². The molecule has 80 valence electrons. The van der Waals surface area contributed by atoms with E-state index >= 15 is 0 Å². The zero-order valence-corrected chi connectivity index (χ0v) is 8.73. The Morgan fingerprint density at radius 1 is 1.40 bits per heavy atom. The van der Waals surface area contributed by atoms with Gasteiger partial charge in [-0.05, 0) is 24.3 Å². The van der Waals surface area contributed by atoms with Crippen molar-refractivity contribution in [3.05, 3.63) is 48.6 Å². The molecule has 0 heterocycles. The van der Waals surface area contributed by atoms with Crippen LogP contribution < -0.4 is 0 Å². The van der Waals surface area contributed by atoms with Crippen LogP contribution in [-0.2, 0) is 4.79 Å². The van der Waals surface area contributed by atoms with Crippen molar-refractivity contribution in [3.63, 3.8) is 0 Å².